The molecule has 2 aromatic heterocycles. The number of pyridine rings is 1. The summed E-state index contributed by atoms with van der Waals surface area (Å²) in [6, 6.07) is 5.72. The summed E-state index contributed by atoms with van der Waals surface area (Å²) in [5.74, 6) is -1.06. The minimum Gasteiger partial charge on any atom is -0.481 e. The van der Waals surface area contributed by atoms with Gasteiger partial charge in [0.25, 0.3) is 0 Å². The fourth-order valence-corrected chi connectivity index (χ4v) is 3.72. The van der Waals surface area contributed by atoms with E-state index in [1.807, 2.05) is 23.6 Å². The first-order valence-corrected chi connectivity index (χ1v) is 8.88. The van der Waals surface area contributed by atoms with Gasteiger partial charge >= 0.3 is 5.97 Å². The summed E-state index contributed by atoms with van der Waals surface area (Å²) < 4.78 is 0. The van der Waals surface area contributed by atoms with Crippen LogP contribution in [0.2, 0.25) is 0 Å². The Kier molecular flexibility index (Phi) is 5.20. The van der Waals surface area contributed by atoms with Crippen molar-refractivity contribution >= 4 is 23.2 Å². The maximum absolute atomic E-state index is 12.2. The van der Waals surface area contributed by atoms with Crippen molar-refractivity contribution < 1.29 is 14.7 Å². The van der Waals surface area contributed by atoms with Crippen LogP contribution in [-0.2, 0) is 16.0 Å². The molecule has 0 aromatic carbocycles. The Morgan fingerprint density at radius 1 is 1.25 bits per heavy atom. The topological polar surface area (TPSA) is 92.2 Å². The van der Waals surface area contributed by atoms with Crippen LogP contribution in [0.3, 0.4) is 0 Å². The Labute approximate surface area is 144 Å². The SMILES string of the molecule is O=C(Cc1csc(-c2ccccn2)n1)NC1CCC(C(=O)O)CC1. The van der Waals surface area contributed by atoms with Crippen LogP contribution in [0.1, 0.15) is 31.4 Å². The predicted octanol–water partition coefficient (Wildman–Crippen LogP) is 2.51. The molecule has 6 nitrogen and oxygen atoms in total. The van der Waals surface area contributed by atoms with E-state index < -0.39 is 5.97 Å². The fraction of sp³-hybridized carbons (Fsp3) is 0.412. The Bertz CT molecular complexity index is 709. The summed E-state index contributed by atoms with van der Waals surface area (Å²) in [7, 11) is 0. The van der Waals surface area contributed by atoms with E-state index in [0.717, 1.165) is 29.2 Å². The lowest BCUT2D eigenvalue weighted by atomic mass is 9.86. The standard InChI is InChI=1S/C17H19N3O3S/c21-15(19-12-6-4-11(5-7-12)17(22)23)9-13-10-24-16(20-13)14-3-1-2-8-18-14/h1-3,8,10-12H,4-7,9H2,(H,19,21)(H,22,23). The number of hydrogen-bond donors (Lipinski definition) is 2. The summed E-state index contributed by atoms with van der Waals surface area (Å²) in [5, 5.41) is 14.7. The van der Waals surface area contributed by atoms with Crippen LogP contribution in [0.5, 0.6) is 0 Å². The van der Waals surface area contributed by atoms with E-state index in [-0.39, 0.29) is 24.3 Å². The molecular weight excluding hydrogens is 326 g/mol. The zero-order valence-corrected chi connectivity index (χ0v) is 14.0. The molecule has 0 atom stereocenters. The first kappa shape index (κ1) is 16.6. The van der Waals surface area contributed by atoms with Gasteiger partial charge in [0.2, 0.25) is 5.91 Å². The molecule has 1 aliphatic rings. The zero-order chi connectivity index (χ0) is 16.9. The van der Waals surface area contributed by atoms with Crippen molar-refractivity contribution in [2.45, 2.75) is 38.1 Å². The highest BCUT2D eigenvalue weighted by Crippen LogP contribution is 2.25. The third-order valence-electron chi connectivity index (χ3n) is 4.22. The molecule has 0 saturated heterocycles. The lowest BCUT2D eigenvalue weighted by molar-refractivity contribution is -0.142. The minimum absolute atomic E-state index is 0.0633. The number of thiazole rings is 1. The molecule has 126 valence electrons. The predicted molar refractivity (Wildman–Crippen MR) is 90.6 cm³/mol. The highest BCUT2D eigenvalue weighted by Gasteiger charge is 2.26. The number of aromatic nitrogens is 2. The Balaban J connectivity index is 1.51. The van der Waals surface area contributed by atoms with Crippen LogP contribution < -0.4 is 5.32 Å². The number of nitrogens with zero attached hydrogens (tertiary/aromatic N) is 2. The van der Waals surface area contributed by atoms with E-state index in [1.54, 1.807) is 6.20 Å². The highest BCUT2D eigenvalue weighted by atomic mass is 32.1. The molecule has 2 aromatic rings. The van der Waals surface area contributed by atoms with Crippen LogP contribution in [0.15, 0.2) is 29.8 Å². The lowest BCUT2D eigenvalue weighted by Crippen LogP contribution is -2.39. The molecular formula is C17H19N3O3S. The zero-order valence-electron chi connectivity index (χ0n) is 13.1. The monoisotopic (exact) mass is 345 g/mol. The molecule has 1 amide bonds. The van der Waals surface area contributed by atoms with Crippen molar-refractivity contribution in [1.82, 2.24) is 15.3 Å². The average Bonchev–Trinajstić information content (AvgIpc) is 3.04. The number of carboxylic acid groups (broad SMARTS) is 1. The van der Waals surface area contributed by atoms with Crippen LogP contribution in [0.25, 0.3) is 10.7 Å². The minimum atomic E-state index is -0.732. The van der Waals surface area contributed by atoms with Gasteiger partial charge in [0.05, 0.1) is 23.7 Å². The van der Waals surface area contributed by atoms with E-state index in [0.29, 0.717) is 12.8 Å². The molecule has 3 rings (SSSR count). The van der Waals surface area contributed by atoms with Crippen molar-refractivity contribution in [3.8, 4) is 10.7 Å². The maximum atomic E-state index is 12.2. The summed E-state index contributed by atoms with van der Waals surface area (Å²) in [6.07, 6.45) is 4.65. The van der Waals surface area contributed by atoms with E-state index in [9.17, 15) is 9.59 Å². The quantitative estimate of drug-likeness (QED) is 0.869. The summed E-state index contributed by atoms with van der Waals surface area (Å²) in [6.45, 7) is 0. The molecule has 0 aliphatic heterocycles. The smallest absolute Gasteiger partial charge is 0.306 e. The van der Waals surface area contributed by atoms with Gasteiger partial charge < -0.3 is 10.4 Å². The van der Waals surface area contributed by atoms with Crippen LogP contribution >= 0.6 is 11.3 Å². The number of amides is 1. The average molecular weight is 345 g/mol. The third-order valence-corrected chi connectivity index (χ3v) is 5.13. The molecule has 2 heterocycles. The van der Waals surface area contributed by atoms with Gasteiger partial charge in [-0.25, -0.2) is 4.98 Å². The number of nitrogens with one attached hydrogen (secondary N) is 1. The largest absolute Gasteiger partial charge is 0.481 e. The van der Waals surface area contributed by atoms with Crippen molar-refractivity contribution in [2.75, 3.05) is 0 Å². The molecule has 2 N–H and O–H groups in total. The number of carboxylic acids is 1. The number of carbonyl (C=O) groups is 2. The normalized spacial score (nSPS) is 20.5. The van der Waals surface area contributed by atoms with Crippen LogP contribution in [0.4, 0.5) is 0 Å². The van der Waals surface area contributed by atoms with E-state index in [4.69, 9.17) is 5.11 Å². The first-order valence-electron chi connectivity index (χ1n) is 8.00. The molecule has 1 aliphatic carbocycles. The van der Waals surface area contributed by atoms with Crippen molar-refractivity contribution in [3.05, 3.63) is 35.5 Å². The number of hydrogen-bond acceptors (Lipinski definition) is 5. The van der Waals surface area contributed by atoms with Gasteiger partial charge in [-0.1, -0.05) is 6.07 Å². The van der Waals surface area contributed by atoms with Crippen LogP contribution in [-0.4, -0.2) is 33.0 Å². The summed E-state index contributed by atoms with van der Waals surface area (Å²) >= 11 is 1.48. The Hall–Kier alpha value is -2.28. The number of rotatable bonds is 5. The van der Waals surface area contributed by atoms with Crippen molar-refractivity contribution in [1.29, 1.82) is 0 Å². The van der Waals surface area contributed by atoms with Gasteiger partial charge in [0, 0.05) is 17.6 Å². The van der Waals surface area contributed by atoms with Crippen molar-refractivity contribution in [3.63, 3.8) is 0 Å². The molecule has 0 bridgehead atoms. The lowest BCUT2D eigenvalue weighted by Gasteiger charge is -2.26. The summed E-state index contributed by atoms with van der Waals surface area (Å²) in [4.78, 5) is 31.8. The second-order valence-electron chi connectivity index (χ2n) is 5.99. The second kappa shape index (κ2) is 7.53. The fourth-order valence-electron chi connectivity index (χ4n) is 2.92. The molecule has 0 unspecified atom stereocenters. The van der Waals surface area contributed by atoms with Gasteiger partial charge in [0.1, 0.15) is 5.01 Å². The van der Waals surface area contributed by atoms with E-state index >= 15 is 0 Å². The first-order chi connectivity index (χ1) is 11.6. The number of carbonyl (C=O) groups excluding carboxylic acids is 1. The van der Waals surface area contributed by atoms with E-state index in [1.165, 1.54) is 11.3 Å². The van der Waals surface area contributed by atoms with Crippen molar-refractivity contribution in [2.24, 2.45) is 5.92 Å². The summed E-state index contributed by atoms with van der Waals surface area (Å²) in [5.41, 5.74) is 1.54. The van der Waals surface area contributed by atoms with Gasteiger partial charge in [-0.15, -0.1) is 11.3 Å². The molecule has 1 fully saturated rings. The van der Waals surface area contributed by atoms with Gasteiger partial charge in [-0.2, -0.15) is 0 Å². The highest BCUT2D eigenvalue weighted by molar-refractivity contribution is 7.13. The number of aliphatic carboxylic acids is 1. The molecule has 0 spiro atoms. The Morgan fingerprint density at radius 3 is 2.71 bits per heavy atom. The molecule has 7 heteroatoms. The van der Waals surface area contributed by atoms with Gasteiger partial charge in [-0.3, -0.25) is 14.6 Å². The van der Waals surface area contributed by atoms with Crippen LogP contribution in [0, 0.1) is 5.92 Å². The Morgan fingerprint density at radius 2 is 2.04 bits per heavy atom. The molecule has 0 radical (unpaired) electrons. The second-order valence-corrected chi connectivity index (χ2v) is 6.85. The van der Waals surface area contributed by atoms with Gasteiger partial charge in [-0.05, 0) is 37.8 Å². The third kappa shape index (κ3) is 4.17. The maximum Gasteiger partial charge on any atom is 0.306 e. The van der Waals surface area contributed by atoms with E-state index in [2.05, 4.69) is 15.3 Å². The molecule has 1 saturated carbocycles. The molecule has 24 heavy (non-hydrogen) atoms. The van der Waals surface area contributed by atoms with Gasteiger partial charge in [0.15, 0.2) is 0 Å².